The highest BCUT2D eigenvalue weighted by Crippen LogP contribution is 2.70. The van der Waals surface area contributed by atoms with Gasteiger partial charge in [-0.05, 0) is 24.7 Å². The lowest BCUT2D eigenvalue weighted by molar-refractivity contribution is -0.234. The molecule has 8 atom stereocenters. The lowest BCUT2D eigenvalue weighted by Gasteiger charge is -2.61. The van der Waals surface area contributed by atoms with E-state index in [1.165, 1.54) is 6.08 Å². The molecule has 6 heteroatoms. The Morgan fingerprint density at radius 2 is 1.77 bits per heavy atom. The van der Waals surface area contributed by atoms with Gasteiger partial charge in [-0.25, -0.2) is 0 Å². The molecule has 1 aliphatic heterocycles. The van der Waals surface area contributed by atoms with Gasteiger partial charge in [-0.15, -0.1) is 6.58 Å². The van der Waals surface area contributed by atoms with Gasteiger partial charge in [-0.1, -0.05) is 33.3 Å². The molecular weight excluding hydrogens is 336 g/mol. The van der Waals surface area contributed by atoms with Crippen LogP contribution in [0.1, 0.15) is 46.5 Å². The van der Waals surface area contributed by atoms with Gasteiger partial charge < -0.3 is 20.1 Å². The highest BCUT2D eigenvalue weighted by Gasteiger charge is 2.83. The van der Waals surface area contributed by atoms with Gasteiger partial charge in [0, 0.05) is 11.3 Å². The first-order chi connectivity index (χ1) is 12.0. The highest BCUT2D eigenvalue weighted by molar-refractivity contribution is 6.02. The van der Waals surface area contributed by atoms with Crippen molar-refractivity contribution < 1.29 is 29.6 Å². The summed E-state index contributed by atoms with van der Waals surface area (Å²) in [7, 11) is 0. The molecule has 1 spiro atoms. The van der Waals surface area contributed by atoms with Crippen molar-refractivity contribution in [3.8, 4) is 0 Å². The van der Waals surface area contributed by atoms with Crippen molar-refractivity contribution in [2.45, 2.75) is 70.4 Å². The zero-order valence-electron chi connectivity index (χ0n) is 15.6. The molecule has 3 N–H and O–H groups in total. The molecule has 3 saturated carbocycles. The van der Waals surface area contributed by atoms with Crippen LogP contribution < -0.4 is 0 Å². The summed E-state index contributed by atoms with van der Waals surface area (Å²) >= 11 is 0. The summed E-state index contributed by atoms with van der Waals surface area (Å²) in [5, 5.41) is 33.2. The third-order valence-corrected chi connectivity index (χ3v) is 7.97. The van der Waals surface area contributed by atoms with E-state index in [2.05, 4.69) is 6.58 Å². The lowest BCUT2D eigenvalue weighted by Crippen LogP contribution is -2.75. The quantitative estimate of drug-likeness (QED) is 0.473. The minimum Gasteiger partial charge on any atom is -0.447 e. The van der Waals surface area contributed by atoms with Gasteiger partial charge in [-0.3, -0.25) is 9.59 Å². The maximum atomic E-state index is 13.4. The van der Waals surface area contributed by atoms with Gasteiger partial charge in [0.25, 0.3) is 0 Å². The number of aliphatic hydroxyl groups is 3. The summed E-state index contributed by atoms with van der Waals surface area (Å²) in [6.45, 7) is 9.33. The number of ether oxygens (including phenoxy) is 1. The Kier molecular flexibility index (Phi) is 3.47. The minimum absolute atomic E-state index is 0.193. The Bertz CT molecular complexity index is 700. The van der Waals surface area contributed by atoms with Crippen LogP contribution in [0.15, 0.2) is 12.7 Å². The molecule has 6 nitrogen and oxygen atoms in total. The van der Waals surface area contributed by atoms with Crippen molar-refractivity contribution in [2.75, 3.05) is 0 Å². The second-order valence-electron chi connectivity index (χ2n) is 9.71. The highest BCUT2D eigenvalue weighted by atomic mass is 16.6. The van der Waals surface area contributed by atoms with E-state index in [4.69, 9.17) is 4.74 Å². The number of aliphatic hydroxyl groups excluding tert-OH is 3. The molecule has 26 heavy (non-hydrogen) atoms. The van der Waals surface area contributed by atoms with Crippen LogP contribution in [0.2, 0.25) is 0 Å². The third kappa shape index (κ3) is 1.69. The molecule has 3 aliphatic carbocycles. The molecule has 0 unspecified atom stereocenters. The lowest BCUT2D eigenvalue weighted by atomic mass is 9.40. The Morgan fingerprint density at radius 3 is 2.38 bits per heavy atom. The van der Waals surface area contributed by atoms with Gasteiger partial charge in [0.05, 0.1) is 17.4 Å². The summed E-state index contributed by atoms with van der Waals surface area (Å²) in [4.78, 5) is 26.6. The first-order valence-electron chi connectivity index (χ1n) is 9.44. The minimum atomic E-state index is -1.90. The van der Waals surface area contributed by atoms with Crippen LogP contribution in [-0.2, 0) is 14.3 Å². The van der Waals surface area contributed by atoms with Crippen molar-refractivity contribution in [3.05, 3.63) is 12.7 Å². The van der Waals surface area contributed by atoms with E-state index in [0.717, 1.165) is 12.8 Å². The van der Waals surface area contributed by atoms with Crippen LogP contribution in [0.25, 0.3) is 0 Å². The van der Waals surface area contributed by atoms with Crippen molar-refractivity contribution in [3.63, 3.8) is 0 Å². The average molecular weight is 364 g/mol. The van der Waals surface area contributed by atoms with Crippen LogP contribution >= 0.6 is 0 Å². The van der Waals surface area contributed by atoms with Gasteiger partial charge in [0.1, 0.15) is 12.2 Å². The Morgan fingerprint density at radius 1 is 1.12 bits per heavy atom. The van der Waals surface area contributed by atoms with Gasteiger partial charge in [0.2, 0.25) is 11.4 Å². The zero-order chi connectivity index (χ0) is 19.3. The number of esters is 1. The SMILES string of the molecule is C=C[C@@]1(C)C[C@@H](O)[C@@H]2[C@@]34CCCC(C)(C)[C@@H]3[C@H](O)C(=O)[C@@]2(OC4=O)[C@H]1O. The number of rotatable bonds is 1. The van der Waals surface area contributed by atoms with Crippen molar-refractivity contribution in [2.24, 2.45) is 28.1 Å². The number of hydrogen-bond acceptors (Lipinski definition) is 6. The smallest absolute Gasteiger partial charge is 0.314 e. The number of hydrogen-bond donors (Lipinski definition) is 3. The molecule has 4 fully saturated rings. The Labute approximate surface area is 153 Å². The number of carbonyl (C=O) groups excluding carboxylic acids is 2. The molecular formula is C20H28O6. The second kappa shape index (κ2) is 4.97. The van der Waals surface area contributed by atoms with E-state index in [0.29, 0.717) is 6.42 Å². The normalized spacial score (nSPS) is 54.9. The maximum absolute atomic E-state index is 13.4. The predicted octanol–water partition coefficient (Wildman–Crippen LogP) is 0.972. The zero-order valence-corrected chi connectivity index (χ0v) is 15.6. The molecule has 0 aromatic heterocycles. The molecule has 0 aromatic carbocycles. The summed E-state index contributed by atoms with van der Waals surface area (Å²) in [5.74, 6) is -2.70. The number of Topliss-reactive ketones (excluding diaryl/α,β-unsaturated/α-hetero) is 1. The third-order valence-electron chi connectivity index (χ3n) is 7.97. The molecule has 4 aliphatic rings. The fourth-order valence-corrected chi connectivity index (χ4v) is 6.89. The average Bonchev–Trinajstić information content (AvgIpc) is 2.77. The van der Waals surface area contributed by atoms with E-state index in [1.807, 2.05) is 13.8 Å². The van der Waals surface area contributed by atoms with Crippen LogP contribution in [0.4, 0.5) is 0 Å². The topological polar surface area (TPSA) is 104 Å². The molecule has 1 heterocycles. The largest absolute Gasteiger partial charge is 0.447 e. The van der Waals surface area contributed by atoms with E-state index in [1.54, 1.807) is 6.92 Å². The fraction of sp³-hybridized carbons (Fsp3) is 0.800. The van der Waals surface area contributed by atoms with Crippen LogP contribution in [0.5, 0.6) is 0 Å². The molecule has 4 rings (SSSR count). The van der Waals surface area contributed by atoms with E-state index in [9.17, 15) is 24.9 Å². The van der Waals surface area contributed by atoms with E-state index in [-0.39, 0.29) is 6.42 Å². The van der Waals surface area contributed by atoms with Crippen LogP contribution in [0, 0.1) is 28.1 Å². The first kappa shape index (κ1) is 18.1. The molecule has 2 bridgehead atoms. The van der Waals surface area contributed by atoms with Gasteiger partial charge in [-0.2, -0.15) is 0 Å². The van der Waals surface area contributed by atoms with Crippen molar-refractivity contribution in [1.82, 2.24) is 0 Å². The maximum Gasteiger partial charge on any atom is 0.314 e. The van der Waals surface area contributed by atoms with Crippen molar-refractivity contribution in [1.29, 1.82) is 0 Å². The Balaban J connectivity index is 1.99. The molecule has 0 radical (unpaired) electrons. The molecule has 0 amide bonds. The summed E-state index contributed by atoms with van der Waals surface area (Å²) in [5.41, 5.74) is -4.49. The van der Waals surface area contributed by atoms with Crippen molar-refractivity contribution >= 4 is 11.8 Å². The standard InChI is InChI=1S/C20H28O6/c1-5-18(4)9-10(21)12-19-8-6-7-17(2,3)13(19)11(22)14(23)20(12,15(18)24)26-16(19)25/h5,10-13,15,21-22,24H,1,6-9H2,2-4H3/t10-,11+,12-,13+,15+,18+,19+,20-/m1/s1. The molecule has 144 valence electrons. The summed E-state index contributed by atoms with van der Waals surface area (Å²) < 4.78 is 5.69. The van der Waals surface area contributed by atoms with Gasteiger partial charge >= 0.3 is 5.97 Å². The van der Waals surface area contributed by atoms with Gasteiger partial charge in [0.15, 0.2) is 0 Å². The predicted molar refractivity (Wildman–Crippen MR) is 91.8 cm³/mol. The monoisotopic (exact) mass is 364 g/mol. The molecule has 0 aromatic rings. The first-order valence-corrected chi connectivity index (χ1v) is 9.44. The van der Waals surface area contributed by atoms with Crippen LogP contribution in [0.3, 0.4) is 0 Å². The second-order valence-corrected chi connectivity index (χ2v) is 9.71. The summed E-state index contributed by atoms with van der Waals surface area (Å²) in [6, 6.07) is 0. The van der Waals surface area contributed by atoms with E-state index < -0.39 is 63.7 Å². The fourth-order valence-electron chi connectivity index (χ4n) is 6.89. The Hall–Kier alpha value is -1.24. The van der Waals surface area contributed by atoms with E-state index >= 15 is 0 Å². The molecule has 1 saturated heterocycles. The number of carbonyl (C=O) groups is 2. The van der Waals surface area contributed by atoms with Crippen LogP contribution in [-0.4, -0.2) is 51.0 Å². The number of ketones is 1. The summed E-state index contributed by atoms with van der Waals surface area (Å²) in [6.07, 6.45) is -0.0843.